The van der Waals surface area contributed by atoms with E-state index in [4.69, 9.17) is 0 Å². The third-order valence-corrected chi connectivity index (χ3v) is 4.19. The number of hydrogen-bond acceptors (Lipinski definition) is 2. The molecule has 3 heteroatoms. The van der Waals surface area contributed by atoms with E-state index in [1.54, 1.807) is 11.8 Å². The van der Waals surface area contributed by atoms with E-state index in [1.807, 2.05) is 36.4 Å². The number of amides is 1. The number of benzene rings is 2. The minimum absolute atomic E-state index is 0.0526. The second-order valence-electron chi connectivity index (χ2n) is 5.31. The summed E-state index contributed by atoms with van der Waals surface area (Å²) >= 11 is 1.63. The van der Waals surface area contributed by atoms with Crippen LogP contribution in [-0.4, -0.2) is 11.7 Å². The van der Waals surface area contributed by atoms with Gasteiger partial charge in [0.05, 0.1) is 5.75 Å². The van der Waals surface area contributed by atoms with Gasteiger partial charge in [0.25, 0.3) is 0 Å². The van der Waals surface area contributed by atoms with Gasteiger partial charge in [-0.2, -0.15) is 0 Å². The number of carbonyl (C=O) groups excluding carboxylic acids is 1. The Labute approximate surface area is 131 Å². The molecular weight excluding hydrogens is 278 g/mol. The fraction of sp³-hybridized carbons (Fsp3) is 0.278. The summed E-state index contributed by atoms with van der Waals surface area (Å²) in [5.74, 6) is 1.85. The van der Waals surface area contributed by atoms with Crippen LogP contribution < -0.4 is 5.32 Å². The number of carbonyl (C=O) groups is 1. The number of anilines is 1. The zero-order valence-corrected chi connectivity index (χ0v) is 13.3. The molecule has 0 aliphatic heterocycles. The Hall–Kier alpha value is -1.74. The Morgan fingerprint density at radius 2 is 1.86 bits per heavy atom. The third kappa shape index (κ3) is 5.27. The van der Waals surface area contributed by atoms with Gasteiger partial charge in [0.15, 0.2) is 0 Å². The summed E-state index contributed by atoms with van der Waals surface area (Å²) < 4.78 is 0. The largest absolute Gasteiger partial charge is 0.325 e. The molecule has 0 fully saturated rings. The molecule has 0 atom stereocenters. The highest BCUT2D eigenvalue weighted by Crippen LogP contribution is 2.19. The predicted molar refractivity (Wildman–Crippen MR) is 91.8 cm³/mol. The first-order chi connectivity index (χ1) is 10.1. The van der Waals surface area contributed by atoms with Gasteiger partial charge in [-0.3, -0.25) is 4.79 Å². The first-order valence-electron chi connectivity index (χ1n) is 7.16. The summed E-state index contributed by atoms with van der Waals surface area (Å²) in [4.78, 5) is 12.0. The quantitative estimate of drug-likeness (QED) is 0.839. The maximum atomic E-state index is 12.0. The highest BCUT2D eigenvalue weighted by molar-refractivity contribution is 7.99. The predicted octanol–water partition coefficient (Wildman–Crippen LogP) is 4.68. The van der Waals surface area contributed by atoms with E-state index in [2.05, 4.69) is 37.4 Å². The summed E-state index contributed by atoms with van der Waals surface area (Å²) in [5.41, 5.74) is 3.37. The molecule has 0 bridgehead atoms. The molecule has 110 valence electrons. The zero-order chi connectivity index (χ0) is 15.1. The summed E-state index contributed by atoms with van der Waals surface area (Å²) in [5, 5.41) is 2.96. The summed E-state index contributed by atoms with van der Waals surface area (Å²) in [6, 6.07) is 18.3. The molecule has 2 aromatic carbocycles. The van der Waals surface area contributed by atoms with Crippen molar-refractivity contribution < 1.29 is 4.79 Å². The Bertz CT molecular complexity index is 581. The zero-order valence-electron chi connectivity index (χ0n) is 12.5. The van der Waals surface area contributed by atoms with Crippen molar-refractivity contribution in [3.05, 3.63) is 65.7 Å². The van der Waals surface area contributed by atoms with Gasteiger partial charge < -0.3 is 5.32 Å². The van der Waals surface area contributed by atoms with Crippen molar-refractivity contribution in [2.75, 3.05) is 11.1 Å². The molecule has 2 nitrogen and oxygen atoms in total. The van der Waals surface area contributed by atoms with Crippen molar-refractivity contribution in [1.29, 1.82) is 0 Å². The summed E-state index contributed by atoms with van der Waals surface area (Å²) in [7, 11) is 0. The van der Waals surface area contributed by atoms with Crippen molar-refractivity contribution in [1.82, 2.24) is 0 Å². The number of rotatable bonds is 6. The maximum absolute atomic E-state index is 12.0. The molecule has 21 heavy (non-hydrogen) atoms. The topological polar surface area (TPSA) is 29.1 Å². The van der Waals surface area contributed by atoms with E-state index < -0.39 is 0 Å². The van der Waals surface area contributed by atoms with E-state index in [-0.39, 0.29) is 5.91 Å². The van der Waals surface area contributed by atoms with Crippen LogP contribution in [0.5, 0.6) is 0 Å². The van der Waals surface area contributed by atoms with Crippen LogP contribution >= 0.6 is 11.8 Å². The van der Waals surface area contributed by atoms with Crippen LogP contribution in [-0.2, 0) is 10.5 Å². The van der Waals surface area contributed by atoms with E-state index in [1.165, 1.54) is 11.1 Å². The first kappa shape index (κ1) is 15.6. The molecule has 1 N–H and O–H groups in total. The van der Waals surface area contributed by atoms with Gasteiger partial charge in [-0.25, -0.2) is 0 Å². The monoisotopic (exact) mass is 299 g/mol. The standard InChI is InChI=1S/C18H21NOS/c1-14(2)16-9-6-10-17(11-16)19-18(20)13-21-12-15-7-4-3-5-8-15/h3-11,14H,12-13H2,1-2H3,(H,19,20). The van der Waals surface area contributed by atoms with Crippen molar-refractivity contribution in [3.63, 3.8) is 0 Å². The minimum atomic E-state index is 0.0526. The lowest BCUT2D eigenvalue weighted by atomic mass is 10.0. The second-order valence-corrected chi connectivity index (χ2v) is 6.29. The molecule has 2 aromatic rings. The summed E-state index contributed by atoms with van der Waals surface area (Å²) in [6.07, 6.45) is 0. The molecule has 0 spiro atoms. The number of thioether (sulfide) groups is 1. The van der Waals surface area contributed by atoms with Gasteiger partial charge in [0.2, 0.25) is 5.91 Å². The molecule has 0 radical (unpaired) electrons. The molecule has 0 saturated heterocycles. The van der Waals surface area contributed by atoms with Crippen molar-refractivity contribution in [3.8, 4) is 0 Å². The van der Waals surface area contributed by atoms with Gasteiger partial charge in [-0.1, -0.05) is 56.3 Å². The molecule has 0 aliphatic carbocycles. The molecule has 1 amide bonds. The van der Waals surface area contributed by atoms with Crippen LogP contribution in [0.15, 0.2) is 54.6 Å². The fourth-order valence-corrected chi connectivity index (χ4v) is 2.80. The molecular formula is C18H21NOS. The Morgan fingerprint density at radius 1 is 1.10 bits per heavy atom. The van der Waals surface area contributed by atoms with Gasteiger partial charge in [0.1, 0.15) is 0 Å². The molecule has 0 heterocycles. The van der Waals surface area contributed by atoms with E-state index in [0.717, 1.165) is 11.4 Å². The van der Waals surface area contributed by atoms with Crippen molar-refractivity contribution >= 4 is 23.4 Å². The number of hydrogen-bond donors (Lipinski definition) is 1. The molecule has 2 rings (SSSR count). The van der Waals surface area contributed by atoms with Gasteiger partial charge in [0, 0.05) is 11.4 Å². The van der Waals surface area contributed by atoms with Crippen molar-refractivity contribution in [2.24, 2.45) is 0 Å². The highest BCUT2D eigenvalue weighted by atomic mass is 32.2. The minimum Gasteiger partial charge on any atom is -0.325 e. The molecule has 0 unspecified atom stereocenters. The Kier molecular flexibility index (Phi) is 5.88. The second kappa shape index (κ2) is 7.89. The van der Waals surface area contributed by atoms with E-state index in [0.29, 0.717) is 11.7 Å². The maximum Gasteiger partial charge on any atom is 0.234 e. The van der Waals surface area contributed by atoms with Gasteiger partial charge >= 0.3 is 0 Å². The van der Waals surface area contributed by atoms with Crippen LogP contribution in [0.2, 0.25) is 0 Å². The molecule has 0 aliphatic rings. The third-order valence-electron chi connectivity index (χ3n) is 3.18. The average Bonchev–Trinajstić information content (AvgIpc) is 2.48. The van der Waals surface area contributed by atoms with Crippen LogP contribution in [0.1, 0.15) is 30.9 Å². The highest BCUT2D eigenvalue weighted by Gasteiger charge is 2.05. The first-order valence-corrected chi connectivity index (χ1v) is 8.32. The van der Waals surface area contributed by atoms with E-state index in [9.17, 15) is 4.79 Å². The normalized spacial score (nSPS) is 10.6. The smallest absolute Gasteiger partial charge is 0.234 e. The lowest BCUT2D eigenvalue weighted by Gasteiger charge is -2.09. The Morgan fingerprint density at radius 3 is 2.57 bits per heavy atom. The SMILES string of the molecule is CC(C)c1cccc(NC(=O)CSCc2ccccc2)c1. The van der Waals surface area contributed by atoms with Gasteiger partial charge in [-0.15, -0.1) is 11.8 Å². The van der Waals surface area contributed by atoms with E-state index >= 15 is 0 Å². The van der Waals surface area contributed by atoms with Crippen LogP contribution in [0.3, 0.4) is 0 Å². The molecule has 0 aromatic heterocycles. The van der Waals surface area contributed by atoms with Gasteiger partial charge in [-0.05, 0) is 29.2 Å². The molecule has 0 saturated carbocycles. The van der Waals surface area contributed by atoms with Crippen LogP contribution in [0, 0.1) is 0 Å². The Balaban J connectivity index is 1.80. The fourth-order valence-electron chi connectivity index (χ4n) is 2.01. The lowest BCUT2D eigenvalue weighted by molar-refractivity contribution is -0.113. The van der Waals surface area contributed by atoms with Crippen molar-refractivity contribution in [2.45, 2.75) is 25.5 Å². The average molecular weight is 299 g/mol. The summed E-state index contributed by atoms with van der Waals surface area (Å²) in [6.45, 7) is 4.30. The number of nitrogens with one attached hydrogen (secondary N) is 1. The lowest BCUT2D eigenvalue weighted by Crippen LogP contribution is -2.14. The van der Waals surface area contributed by atoms with Crippen LogP contribution in [0.25, 0.3) is 0 Å². The van der Waals surface area contributed by atoms with Crippen LogP contribution in [0.4, 0.5) is 5.69 Å².